The van der Waals surface area contributed by atoms with Gasteiger partial charge >= 0.3 is 0 Å². The van der Waals surface area contributed by atoms with Crippen molar-refractivity contribution in [3.05, 3.63) is 15.6 Å². The number of aryl methyl sites for hydroxylation is 2. The molecular formula is C13H20N2O2S. The Morgan fingerprint density at radius 2 is 2.28 bits per heavy atom. The van der Waals surface area contributed by atoms with Crippen molar-refractivity contribution in [2.75, 3.05) is 13.1 Å². The molecular weight excluding hydrogens is 248 g/mol. The number of hydrogen-bond acceptors (Lipinski definition) is 4. The molecule has 4 nitrogen and oxygen atoms in total. The van der Waals surface area contributed by atoms with Crippen molar-refractivity contribution in [3.63, 3.8) is 0 Å². The highest BCUT2D eigenvalue weighted by atomic mass is 32.1. The number of hydrogen-bond donors (Lipinski definition) is 1. The summed E-state index contributed by atoms with van der Waals surface area (Å²) in [6.07, 6.45) is 1.63. The van der Waals surface area contributed by atoms with Gasteiger partial charge in [0.05, 0.1) is 16.8 Å². The Morgan fingerprint density at radius 1 is 1.56 bits per heavy atom. The van der Waals surface area contributed by atoms with Crippen LogP contribution in [-0.2, 0) is 0 Å². The third kappa shape index (κ3) is 2.72. The maximum atomic E-state index is 12.4. The number of aliphatic hydroxyl groups is 1. The molecule has 18 heavy (non-hydrogen) atoms. The molecule has 100 valence electrons. The molecule has 0 bridgehead atoms. The van der Waals surface area contributed by atoms with Gasteiger partial charge in [-0.15, -0.1) is 11.3 Å². The summed E-state index contributed by atoms with van der Waals surface area (Å²) >= 11 is 1.46. The number of amides is 1. The summed E-state index contributed by atoms with van der Waals surface area (Å²) < 4.78 is 0. The average Bonchev–Trinajstić information content (AvgIpc) is 2.67. The van der Waals surface area contributed by atoms with Crippen LogP contribution in [0.15, 0.2) is 0 Å². The summed E-state index contributed by atoms with van der Waals surface area (Å²) in [5, 5.41) is 10.6. The van der Waals surface area contributed by atoms with E-state index in [9.17, 15) is 9.90 Å². The van der Waals surface area contributed by atoms with Crippen molar-refractivity contribution in [3.8, 4) is 0 Å². The minimum atomic E-state index is -0.343. The zero-order chi connectivity index (χ0) is 13.3. The number of carbonyl (C=O) groups is 1. The zero-order valence-corrected chi connectivity index (χ0v) is 12.0. The van der Waals surface area contributed by atoms with Crippen LogP contribution in [0, 0.1) is 19.8 Å². The molecule has 1 fully saturated rings. The molecule has 2 unspecified atom stereocenters. The van der Waals surface area contributed by atoms with Gasteiger partial charge in [-0.05, 0) is 33.6 Å². The normalized spacial score (nSPS) is 22.0. The van der Waals surface area contributed by atoms with Gasteiger partial charge in [0, 0.05) is 19.0 Å². The van der Waals surface area contributed by atoms with Crippen molar-refractivity contribution in [1.82, 2.24) is 9.88 Å². The molecule has 0 spiro atoms. The molecule has 5 heteroatoms. The fourth-order valence-electron chi connectivity index (χ4n) is 2.46. The van der Waals surface area contributed by atoms with E-state index in [2.05, 4.69) is 4.98 Å². The molecule has 1 aliphatic rings. The lowest BCUT2D eigenvalue weighted by Crippen LogP contribution is -2.42. The van der Waals surface area contributed by atoms with Gasteiger partial charge in [-0.1, -0.05) is 0 Å². The van der Waals surface area contributed by atoms with E-state index in [-0.39, 0.29) is 17.9 Å². The lowest BCUT2D eigenvalue weighted by atomic mass is 9.93. The van der Waals surface area contributed by atoms with Gasteiger partial charge in [0.1, 0.15) is 4.88 Å². The fraction of sp³-hybridized carbons (Fsp3) is 0.692. The van der Waals surface area contributed by atoms with Crippen LogP contribution in [0.1, 0.15) is 40.1 Å². The largest absolute Gasteiger partial charge is 0.393 e. The topological polar surface area (TPSA) is 53.4 Å². The van der Waals surface area contributed by atoms with Gasteiger partial charge in [-0.3, -0.25) is 4.79 Å². The van der Waals surface area contributed by atoms with E-state index in [1.165, 1.54) is 11.3 Å². The molecule has 1 saturated heterocycles. The lowest BCUT2D eigenvalue weighted by Gasteiger charge is -2.34. The molecule has 2 rings (SSSR count). The minimum Gasteiger partial charge on any atom is -0.393 e. The monoisotopic (exact) mass is 268 g/mol. The quantitative estimate of drug-likeness (QED) is 0.892. The van der Waals surface area contributed by atoms with E-state index < -0.39 is 0 Å². The molecule has 1 N–H and O–H groups in total. The minimum absolute atomic E-state index is 0.0726. The first-order valence-electron chi connectivity index (χ1n) is 6.40. The van der Waals surface area contributed by atoms with Crippen LogP contribution < -0.4 is 0 Å². The van der Waals surface area contributed by atoms with Gasteiger partial charge in [0.2, 0.25) is 0 Å². The SMILES string of the molecule is Cc1nc(C)c(C(=O)N2CCCC(C(C)O)C2)s1. The van der Waals surface area contributed by atoms with Crippen LogP contribution in [0.2, 0.25) is 0 Å². The van der Waals surface area contributed by atoms with E-state index in [0.717, 1.165) is 35.0 Å². The summed E-state index contributed by atoms with van der Waals surface area (Å²) in [7, 11) is 0. The second kappa shape index (κ2) is 5.36. The van der Waals surface area contributed by atoms with Crippen molar-refractivity contribution in [2.45, 2.75) is 39.7 Å². The van der Waals surface area contributed by atoms with E-state index >= 15 is 0 Å². The lowest BCUT2D eigenvalue weighted by molar-refractivity contribution is 0.0469. The van der Waals surface area contributed by atoms with Gasteiger partial charge in [0.15, 0.2) is 0 Å². The highest BCUT2D eigenvalue weighted by Crippen LogP contribution is 2.24. The molecule has 1 aliphatic heterocycles. The number of carbonyl (C=O) groups excluding carboxylic acids is 1. The first-order valence-corrected chi connectivity index (χ1v) is 7.22. The summed E-state index contributed by atoms with van der Waals surface area (Å²) in [5.41, 5.74) is 0.821. The number of likely N-dealkylation sites (tertiary alicyclic amines) is 1. The Hall–Kier alpha value is -0.940. The number of nitrogens with zero attached hydrogens (tertiary/aromatic N) is 2. The number of piperidine rings is 1. The Morgan fingerprint density at radius 3 is 2.83 bits per heavy atom. The van der Waals surface area contributed by atoms with E-state index in [4.69, 9.17) is 0 Å². The molecule has 1 aromatic rings. The molecule has 1 aromatic heterocycles. The maximum absolute atomic E-state index is 12.4. The predicted molar refractivity (Wildman–Crippen MR) is 71.9 cm³/mol. The summed E-state index contributed by atoms with van der Waals surface area (Å²) in [4.78, 5) is 19.3. The Balaban J connectivity index is 2.11. The first kappa shape index (κ1) is 13.5. The zero-order valence-electron chi connectivity index (χ0n) is 11.1. The highest BCUT2D eigenvalue weighted by Gasteiger charge is 2.28. The average molecular weight is 268 g/mol. The Bertz CT molecular complexity index is 442. The summed E-state index contributed by atoms with van der Waals surface area (Å²) in [6, 6.07) is 0. The molecule has 2 heterocycles. The second-order valence-electron chi connectivity index (χ2n) is 5.04. The van der Waals surface area contributed by atoms with Crippen LogP contribution >= 0.6 is 11.3 Å². The number of rotatable bonds is 2. The molecule has 0 radical (unpaired) electrons. The molecule has 2 atom stereocenters. The van der Waals surface area contributed by atoms with Crippen LogP contribution in [-0.4, -0.2) is 40.1 Å². The van der Waals surface area contributed by atoms with Crippen molar-refractivity contribution >= 4 is 17.2 Å². The van der Waals surface area contributed by atoms with Crippen LogP contribution in [0.3, 0.4) is 0 Å². The third-order valence-corrected chi connectivity index (χ3v) is 4.59. The third-order valence-electron chi connectivity index (χ3n) is 3.53. The Kier molecular flexibility index (Phi) is 4.02. The number of aliphatic hydroxyl groups excluding tert-OH is 1. The van der Waals surface area contributed by atoms with Gasteiger partial charge < -0.3 is 10.0 Å². The molecule has 1 amide bonds. The molecule has 0 saturated carbocycles. The van der Waals surface area contributed by atoms with Gasteiger partial charge in [-0.2, -0.15) is 0 Å². The number of thiazole rings is 1. The van der Waals surface area contributed by atoms with Crippen LogP contribution in [0.4, 0.5) is 0 Å². The van der Waals surface area contributed by atoms with Gasteiger partial charge in [-0.25, -0.2) is 4.98 Å². The van der Waals surface area contributed by atoms with E-state index in [1.54, 1.807) is 6.92 Å². The van der Waals surface area contributed by atoms with E-state index in [0.29, 0.717) is 6.54 Å². The van der Waals surface area contributed by atoms with Crippen molar-refractivity contribution in [1.29, 1.82) is 0 Å². The van der Waals surface area contributed by atoms with Crippen molar-refractivity contribution in [2.24, 2.45) is 5.92 Å². The highest BCUT2D eigenvalue weighted by molar-refractivity contribution is 7.13. The molecule has 0 aliphatic carbocycles. The van der Waals surface area contributed by atoms with Gasteiger partial charge in [0.25, 0.3) is 5.91 Å². The van der Waals surface area contributed by atoms with E-state index in [1.807, 2.05) is 18.7 Å². The standard InChI is InChI=1S/C13H20N2O2S/c1-8-12(18-10(3)14-8)13(17)15-6-4-5-11(7-15)9(2)16/h9,11,16H,4-7H2,1-3H3. The molecule has 0 aromatic carbocycles. The smallest absolute Gasteiger partial charge is 0.265 e. The predicted octanol–water partition coefficient (Wildman–Crippen LogP) is 1.99. The summed E-state index contributed by atoms with van der Waals surface area (Å²) in [5.74, 6) is 0.278. The maximum Gasteiger partial charge on any atom is 0.265 e. The van der Waals surface area contributed by atoms with Crippen LogP contribution in [0.5, 0.6) is 0 Å². The summed E-state index contributed by atoms with van der Waals surface area (Å²) in [6.45, 7) is 7.06. The Labute approximate surface area is 112 Å². The number of aromatic nitrogens is 1. The fourth-order valence-corrected chi connectivity index (χ4v) is 3.35. The second-order valence-corrected chi connectivity index (χ2v) is 6.24. The van der Waals surface area contributed by atoms with Crippen LogP contribution in [0.25, 0.3) is 0 Å². The van der Waals surface area contributed by atoms with Crippen molar-refractivity contribution < 1.29 is 9.90 Å². The first-order chi connectivity index (χ1) is 8.49.